The van der Waals surface area contributed by atoms with E-state index in [1.54, 1.807) is 18.6 Å². The fraction of sp³-hybridized carbons (Fsp3) is 0.429. The van der Waals surface area contributed by atoms with Crippen molar-refractivity contribution in [3.8, 4) is 5.82 Å². The summed E-state index contributed by atoms with van der Waals surface area (Å²) in [5, 5.41) is 10.2. The van der Waals surface area contributed by atoms with Gasteiger partial charge >= 0.3 is 0 Å². The standard InChI is InChI=1S/C14H18N6O/c1-10-4-6-16-12(7-10)14(21)19-11-3-2-5-17-13(11)20-9-15-8-18-20/h2-3,5,8-10,12,16H,4,6-7H2,1H3,(H,19,21). The average molecular weight is 286 g/mol. The second-order valence-electron chi connectivity index (χ2n) is 5.34. The maximum Gasteiger partial charge on any atom is 0.241 e. The van der Waals surface area contributed by atoms with Crippen molar-refractivity contribution in [2.24, 2.45) is 5.92 Å². The van der Waals surface area contributed by atoms with Gasteiger partial charge in [-0.15, -0.1) is 0 Å². The highest BCUT2D eigenvalue weighted by Crippen LogP contribution is 2.19. The lowest BCUT2D eigenvalue weighted by Gasteiger charge is -2.27. The molecule has 2 aromatic heterocycles. The van der Waals surface area contributed by atoms with E-state index in [1.165, 1.54) is 11.0 Å². The molecule has 2 N–H and O–H groups in total. The van der Waals surface area contributed by atoms with Gasteiger partial charge in [-0.25, -0.2) is 14.6 Å². The predicted octanol–water partition coefficient (Wildman–Crippen LogP) is 0.989. The van der Waals surface area contributed by atoms with Crippen LogP contribution in [0.1, 0.15) is 19.8 Å². The van der Waals surface area contributed by atoms with Crippen molar-refractivity contribution in [2.75, 3.05) is 11.9 Å². The van der Waals surface area contributed by atoms with Gasteiger partial charge in [0.05, 0.1) is 11.7 Å². The maximum absolute atomic E-state index is 12.4. The summed E-state index contributed by atoms with van der Waals surface area (Å²) in [7, 11) is 0. The van der Waals surface area contributed by atoms with Crippen molar-refractivity contribution in [2.45, 2.75) is 25.8 Å². The molecule has 2 aromatic rings. The first-order valence-electron chi connectivity index (χ1n) is 7.08. The molecule has 1 amide bonds. The number of rotatable bonds is 3. The SMILES string of the molecule is CC1CCNC(C(=O)Nc2cccnc2-n2cncn2)C1. The predicted molar refractivity (Wildman–Crippen MR) is 78.0 cm³/mol. The lowest BCUT2D eigenvalue weighted by atomic mass is 9.94. The highest BCUT2D eigenvalue weighted by atomic mass is 16.2. The van der Waals surface area contributed by atoms with Crippen LogP contribution in [-0.4, -0.2) is 38.2 Å². The molecule has 0 radical (unpaired) electrons. The topological polar surface area (TPSA) is 84.7 Å². The summed E-state index contributed by atoms with van der Waals surface area (Å²) in [6, 6.07) is 3.44. The minimum Gasteiger partial charge on any atom is -0.322 e. The first-order valence-corrected chi connectivity index (χ1v) is 7.08. The van der Waals surface area contributed by atoms with Gasteiger partial charge in [0.1, 0.15) is 12.7 Å². The van der Waals surface area contributed by atoms with Crippen molar-refractivity contribution in [3.63, 3.8) is 0 Å². The molecule has 0 spiro atoms. The Balaban J connectivity index is 1.77. The fourth-order valence-electron chi connectivity index (χ4n) is 2.52. The molecule has 2 unspecified atom stereocenters. The minimum atomic E-state index is -0.155. The van der Waals surface area contributed by atoms with Crippen LogP contribution in [0.15, 0.2) is 31.0 Å². The smallest absolute Gasteiger partial charge is 0.241 e. The number of hydrogen-bond donors (Lipinski definition) is 2. The molecule has 0 aliphatic carbocycles. The Morgan fingerprint density at radius 3 is 3.19 bits per heavy atom. The molecule has 1 fully saturated rings. The molecule has 1 saturated heterocycles. The Bertz CT molecular complexity index is 612. The third-order valence-corrected chi connectivity index (χ3v) is 3.66. The van der Waals surface area contributed by atoms with Crippen LogP contribution in [0.3, 0.4) is 0 Å². The van der Waals surface area contributed by atoms with E-state index in [2.05, 4.69) is 32.6 Å². The quantitative estimate of drug-likeness (QED) is 0.879. The Labute approximate surface area is 122 Å². The van der Waals surface area contributed by atoms with Crippen molar-refractivity contribution < 1.29 is 4.79 Å². The minimum absolute atomic E-state index is 0.0316. The monoisotopic (exact) mass is 286 g/mol. The van der Waals surface area contributed by atoms with Crippen LogP contribution in [0, 0.1) is 5.92 Å². The van der Waals surface area contributed by atoms with Gasteiger partial charge in [-0.2, -0.15) is 5.10 Å². The molecule has 3 rings (SSSR count). The summed E-state index contributed by atoms with van der Waals surface area (Å²) >= 11 is 0. The number of hydrogen-bond acceptors (Lipinski definition) is 5. The van der Waals surface area contributed by atoms with Crippen LogP contribution in [0.4, 0.5) is 5.69 Å². The second-order valence-corrected chi connectivity index (χ2v) is 5.34. The zero-order valence-electron chi connectivity index (χ0n) is 11.9. The summed E-state index contributed by atoms with van der Waals surface area (Å²) in [5.41, 5.74) is 0.632. The summed E-state index contributed by atoms with van der Waals surface area (Å²) < 4.78 is 1.53. The number of pyridine rings is 1. The highest BCUT2D eigenvalue weighted by molar-refractivity contribution is 5.96. The molecule has 7 heteroatoms. The second kappa shape index (κ2) is 6.01. The zero-order valence-corrected chi connectivity index (χ0v) is 11.9. The van der Waals surface area contributed by atoms with E-state index in [1.807, 2.05) is 6.07 Å². The van der Waals surface area contributed by atoms with E-state index in [0.717, 1.165) is 19.4 Å². The number of anilines is 1. The molecule has 1 aliphatic rings. The Kier molecular flexibility index (Phi) is 3.92. The number of carbonyl (C=O) groups excluding carboxylic acids is 1. The van der Waals surface area contributed by atoms with E-state index in [0.29, 0.717) is 17.4 Å². The van der Waals surface area contributed by atoms with Crippen LogP contribution >= 0.6 is 0 Å². The summed E-state index contributed by atoms with van der Waals surface area (Å²) in [4.78, 5) is 20.6. The van der Waals surface area contributed by atoms with Crippen LogP contribution in [0.5, 0.6) is 0 Å². The lowest BCUT2D eigenvalue weighted by Crippen LogP contribution is -2.45. The summed E-state index contributed by atoms with van der Waals surface area (Å²) in [6.07, 6.45) is 6.61. The summed E-state index contributed by atoms with van der Waals surface area (Å²) in [6.45, 7) is 3.05. The normalized spacial score (nSPS) is 22.0. The van der Waals surface area contributed by atoms with Crippen molar-refractivity contribution in [1.29, 1.82) is 0 Å². The van der Waals surface area contributed by atoms with Gasteiger partial charge in [-0.1, -0.05) is 6.92 Å². The maximum atomic E-state index is 12.4. The van der Waals surface area contributed by atoms with E-state index >= 15 is 0 Å². The van der Waals surface area contributed by atoms with Gasteiger partial charge in [0.25, 0.3) is 0 Å². The van der Waals surface area contributed by atoms with Crippen molar-refractivity contribution in [1.82, 2.24) is 25.1 Å². The molecule has 2 atom stereocenters. The molecule has 21 heavy (non-hydrogen) atoms. The van der Waals surface area contributed by atoms with Gasteiger partial charge in [0.15, 0.2) is 5.82 Å². The highest BCUT2D eigenvalue weighted by Gasteiger charge is 2.25. The van der Waals surface area contributed by atoms with Crippen molar-refractivity contribution >= 4 is 11.6 Å². The molecule has 0 saturated carbocycles. The van der Waals surface area contributed by atoms with Crippen molar-refractivity contribution in [3.05, 3.63) is 31.0 Å². The third kappa shape index (κ3) is 3.08. The molecule has 3 heterocycles. The van der Waals surface area contributed by atoms with Gasteiger partial charge in [0, 0.05) is 6.20 Å². The van der Waals surface area contributed by atoms with Gasteiger partial charge < -0.3 is 10.6 Å². The van der Waals surface area contributed by atoms with Gasteiger partial charge in [0.2, 0.25) is 5.91 Å². The first kappa shape index (κ1) is 13.7. The summed E-state index contributed by atoms with van der Waals surface area (Å²) in [5.74, 6) is 1.09. The zero-order chi connectivity index (χ0) is 14.7. The first-order chi connectivity index (χ1) is 10.2. The molecule has 0 aromatic carbocycles. The van der Waals surface area contributed by atoms with E-state index < -0.39 is 0 Å². The van der Waals surface area contributed by atoms with E-state index in [4.69, 9.17) is 0 Å². The number of piperidine rings is 1. The molecule has 7 nitrogen and oxygen atoms in total. The molecule has 1 aliphatic heterocycles. The van der Waals surface area contributed by atoms with Crippen LogP contribution in [0.25, 0.3) is 5.82 Å². The van der Waals surface area contributed by atoms with Gasteiger partial charge in [-0.3, -0.25) is 4.79 Å². The van der Waals surface area contributed by atoms with Crippen LogP contribution < -0.4 is 10.6 Å². The number of nitrogens with zero attached hydrogens (tertiary/aromatic N) is 4. The molecule has 110 valence electrons. The number of amides is 1. The number of aromatic nitrogens is 4. The largest absolute Gasteiger partial charge is 0.322 e. The molecular weight excluding hydrogens is 268 g/mol. The number of nitrogens with one attached hydrogen (secondary N) is 2. The average Bonchev–Trinajstić information content (AvgIpc) is 3.02. The Morgan fingerprint density at radius 1 is 1.52 bits per heavy atom. The molecule has 0 bridgehead atoms. The Hall–Kier alpha value is -2.28. The van der Waals surface area contributed by atoms with E-state index in [9.17, 15) is 4.79 Å². The Morgan fingerprint density at radius 2 is 2.43 bits per heavy atom. The molecular formula is C14H18N6O. The number of carbonyl (C=O) groups is 1. The van der Waals surface area contributed by atoms with Crippen LogP contribution in [-0.2, 0) is 4.79 Å². The lowest BCUT2D eigenvalue weighted by molar-refractivity contribution is -0.119. The van der Waals surface area contributed by atoms with Crippen LogP contribution in [0.2, 0.25) is 0 Å². The third-order valence-electron chi connectivity index (χ3n) is 3.66. The van der Waals surface area contributed by atoms with Gasteiger partial charge in [-0.05, 0) is 37.4 Å². The van der Waals surface area contributed by atoms with E-state index in [-0.39, 0.29) is 11.9 Å². The fourth-order valence-corrected chi connectivity index (χ4v) is 2.52.